The van der Waals surface area contributed by atoms with Crippen LogP contribution in [0.4, 0.5) is 0 Å². The first-order valence-corrected chi connectivity index (χ1v) is 10.1. The molecule has 0 spiro atoms. The Bertz CT molecular complexity index is 595. The SMILES string of the molecule is CC(O)C(NC(=O)C1CCCN1)C(=O)NC(CO)C(=O)NC(CCCCN)C(=O)O. The highest BCUT2D eigenvalue weighted by molar-refractivity contribution is 5.94. The second kappa shape index (κ2) is 13.1. The zero-order valence-corrected chi connectivity index (χ0v) is 17.1. The van der Waals surface area contributed by atoms with Gasteiger partial charge in [-0.25, -0.2) is 4.79 Å². The van der Waals surface area contributed by atoms with Crippen LogP contribution in [-0.4, -0.2) is 89.0 Å². The molecule has 0 aromatic rings. The first-order chi connectivity index (χ1) is 14.2. The van der Waals surface area contributed by atoms with Crippen molar-refractivity contribution in [3.05, 3.63) is 0 Å². The number of hydrogen-bond acceptors (Lipinski definition) is 8. The minimum Gasteiger partial charge on any atom is -0.480 e. The summed E-state index contributed by atoms with van der Waals surface area (Å²) in [6.45, 7) is 1.57. The topological polar surface area (TPSA) is 203 Å². The Morgan fingerprint density at radius 3 is 2.27 bits per heavy atom. The van der Waals surface area contributed by atoms with Crippen LogP contribution in [0.25, 0.3) is 0 Å². The van der Waals surface area contributed by atoms with E-state index in [0.29, 0.717) is 32.4 Å². The summed E-state index contributed by atoms with van der Waals surface area (Å²) in [7, 11) is 0. The van der Waals surface area contributed by atoms with Crippen molar-refractivity contribution in [2.24, 2.45) is 5.73 Å². The third kappa shape index (κ3) is 8.22. The lowest BCUT2D eigenvalue weighted by Crippen LogP contribution is -2.60. The number of carboxylic acid groups (broad SMARTS) is 1. The highest BCUT2D eigenvalue weighted by Gasteiger charge is 2.33. The number of aliphatic carboxylic acids is 1. The molecule has 0 aromatic heterocycles. The summed E-state index contributed by atoms with van der Waals surface area (Å²) >= 11 is 0. The van der Waals surface area contributed by atoms with Crippen molar-refractivity contribution in [3.63, 3.8) is 0 Å². The van der Waals surface area contributed by atoms with Crippen LogP contribution in [0.1, 0.15) is 39.0 Å². The number of nitrogens with one attached hydrogen (secondary N) is 4. The largest absolute Gasteiger partial charge is 0.480 e. The Labute approximate surface area is 175 Å². The second-order valence-electron chi connectivity index (χ2n) is 7.30. The van der Waals surface area contributed by atoms with Crippen molar-refractivity contribution >= 4 is 23.7 Å². The summed E-state index contributed by atoms with van der Waals surface area (Å²) in [5.41, 5.74) is 5.37. The fourth-order valence-electron chi connectivity index (χ4n) is 3.05. The number of carboxylic acids is 1. The Kier molecular flexibility index (Phi) is 11.3. The maximum absolute atomic E-state index is 12.5. The van der Waals surface area contributed by atoms with Gasteiger partial charge in [0.1, 0.15) is 18.1 Å². The lowest BCUT2D eigenvalue weighted by Gasteiger charge is -2.25. The Morgan fingerprint density at radius 1 is 1.10 bits per heavy atom. The Balaban J connectivity index is 2.71. The molecule has 0 radical (unpaired) electrons. The van der Waals surface area contributed by atoms with Crippen molar-refractivity contribution < 1.29 is 34.5 Å². The molecule has 5 unspecified atom stereocenters. The van der Waals surface area contributed by atoms with E-state index in [4.69, 9.17) is 5.73 Å². The molecule has 30 heavy (non-hydrogen) atoms. The van der Waals surface area contributed by atoms with Crippen LogP contribution in [0.3, 0.4) is 0 Å². The van der Waals surface area contributed by atoms with Crippen LogP contribution in [-0.2, 0) is 19.2 Å². The van der Waals surface area contributed by atoms with E-state index < -0.39 is 60.6 Å². The van der Waals surface area contributed by atoms with E-state index in [1.807, 2.05) is 0 Å². The quantitative estimate of drug-likeness (QED) is 0.138. The van der Waals surface area contributed by atoms with Gasteiger partial charge in [-0.2, -0.15) is 0 Å². The van der Waals surface area contributed by atoms with Gasteiger partial charge in [-0.15, -0.1) is 0 Å². The Hall–Kier alpha value is -2.28. The molecule has 1 rings (SSSR count). The number of amides is 3. The molecule has 1 fully saturated rings. The van der Waals surface area contributed by atoms with Gasteiger partial charge in [0.15, 0.2) is 0 Å². The number of aliphatic hydroxyl groups is 2. The van der Waals surface area contributed by atoms with Gasteiger partial charge in [0.25, 0.3) is 0 Å². The second-order valence-corrected chi connectivity index (χ2v) is 7.30. The first kappa shape index (κ1) is 25.8. The number of unbranched alkanes of at least 4 members (excludes halogenated alkanes) is 1. The first-order valence-electron chi connectivity index (χ1n) is 10.1. The highest BCUT2D eigenvalue weighted by atomic mass is 16.4. The monoisotopic (exact) mass is 431 g/mol. The summed E-state index contributed by atoms with van der Waals surface area (Å²) in [6.07, 6.45) is 1.36. The van der Waals surface area contributed by atoms with E-state index in [0.717, 1.165) is 6.42 Å². The standard InChI is InChI=1S/C18H33N5O7/c1-10(25)14(23-15(26)11-6-4-8-20-11)17(28)22-13(9-24)16(27)21-12(18(29)30)5-2-3-7-19/h10-14,20,24-25H,2-9,19H2,1H3,(H,21,27)(H,22,28)(H,23,26)(H,29,30). The zero-order valence-electron chi connectivity index (χ0n) is 17.1. The molecule has 0 saturated carbocycles. The number of carbonyl (C=O) groups excluding carboxylic acids is 3. The van der Waals surface area contributed by atoms with Crippen LogP contribution in [0.5, 0.6) is 0 Å². The maximum Gasteiger partial charge on any atom is 0.326 e. The van der Waals surface area contributed by atoms with Crippen molar-refractivity contribution in [1.29, 1.82) is 0 Å². The third-order valence-electron chi connectivity index (χ3n) is 4.82. The molecule has 1 saturated heterocycles. The molecule has 0 aromatic carbocycles. The molecule has 0 aliphatic carbocycles. The summed E-state index contributed by atoms with van der Waals surface area (Å²) < 4.78 is 0. The molecule has 172 valence electrons. The van der Waals surface area contributed by atoms with Crippen molar-refractivity contribution in [2.75, 3.05) is 19.7 Å². The fourth-order valence-corrected chi connectivity index (χ4v) is 3.05. The molecule has 3 amide bonds. The van der Waals surface area contributed by atoms with E-state index >= 15 is 0 Å². The number of aliphatic hydroxyl groups excluding tert-OH is 2. The van der Waals surface area contributed by atoms with Crippen molar-refractivity contribution in [3.8, 4) is 0 Å². The van der Waals surface area contributed by atoms with Crippen LogP contribution in [0.2, 0.25) is 0 Å². The maximum atomic E-state index is 12.5. The summed E-state index contributed by atoms with van der Waals surface area (Å²) in [4.78, 5) is 48.4. The third-order valence-corrected chi connectivity index (χ3v) is 4.82. The van der Waals surface area contributed by atoms with E-state index in [1.54, 1.807) is 0 Å². The minimum absolute atomic E-state index is 0.144. The van der Waals surface area contributed by atoms with Crippen LogP contribution >= 0.6 is 0 Å². The van der Waals surface area contributed by atoms with Crippen LogP contribution in [0.15, 0.2) is 0 Å². The predicted octanol–water partition coefficient (Wildman–Crippen LogP) is -3.22. The number of rotatable bonds is 13. The molecule has 12 heteroatoms. The van der Waals surface area contributed by atoms with Gasteiger partial charge >= 0.3 is 5.97 Å². The molecule has 1 aliphatic rings. The van der Waals surface area contributed by atoms with Gasteiger partial charge in [0.2, 0.25) is 17.7 Å². The smallest absolute Gasteiger partial charge is 0.326 e. The molecule has 9 N–H and O–H groups in total. The normalized spacial score (nSPS) is 19.9. The van der Waals surface area contributed by atoms with E-state index in [9.17, 15) is 34.5 Å². The van der Waals surface area contributed by atoms with E-state index in [1.165, 1.54) is 6.92 Å². The average molecular weight is 431 g/mol. The number of carbonyl (C=O) groups is 4. The van der Waals surface area contributed by atoms with Crippen molar-refractivity contribution in [1.82, 2.24) is 21.3 Å². The Morgan fingerprint density at radius 2 is 1.77 bits per heavy atom. The fraction of sp³-hybridized carbons (Fsp3) is 0.778. The van der Waals surface area contributed by atoms with E-state index in [-0.39, 0.29) is 6.42 Å². The molecule has 1 heterocycles. The van der Waals surface area contributed by atoms with E-state index in [2.05, 4.69) is 21.3 Å². The molecule has 1 aliphatic heterocycles. The van der Waals surface area contributed by atoms with Gasteiger partial charge in [-0.05, 0) is 52.1 Å². The number of hydrogen-bond donors (Lipinski definition) is 8. The summed E-state index contributed by atoms with van der Waals surface area (Å²) in [6, 6.07) is -4.46. The predicted molar refractivity (Wildman–Crippen MR) is 106 cm³/mol. The molecule has 12 nitrogen and oxygen atoms in total. The van der Waals surface area contributed by atoms with Gasteiger partial charge in [0.05, 0.1) is 18.8 Å². The number of nitrogens with two attached hydrogens (primary N) is 1. The van der Waals surface area contributed by atoms with Crippen molar-refractivity contribution in [2.45, 2.75) is 69.3 Å². The molecular weight excluding hydrogens is 398 g/mol. The molecular formula is C18H33N5O7. The average Bonchev–Trinajstić information content (AvgIpc) is 3.23. The summed E-state index contributed by atoms with van der Waals surface area (Å²) in [5, 5.41) is 38.5. The van der Waals surface area contributed by atoms with Gasteiger partial charge in [0, 0.05) is 0 Å². The van der Waals surface area contributed by atoms with Gasteiger partial charge in [-0.3, -0.25) is 14.4 Å². The highest BCUT2D eigenvalue weighted by Crippen LogP contribution is 2.06. The lowest BCUT2D eigenvalue weighted by atomic mass is 10.1. The minimum atomic E-state index is -1.45. The zero-order chi connectivity index (χ0) is 22.7. The van der Waals surface area contributed by atoms with Crippen LogP contribution in [0, 0.1) is 0 Å². The van der Waals surface area contributed by atoms with Gasteiger partial charge < -0.3 is 42.3 Å². The molecule has 5 atom stereocenters. The lowest BCUT2D eigenvalue weighted by molar-refractivity contribution is -0.143. The van der Waals surface area contributed by atoms with Crippen LogP contribution < -0.4 is 27.0 Å². The van der Waals surface area contributed by atoms with Gasteiger partial charge in [-0.1, -0.05) is 0 Å². The molecule has 0 bridgehead atoms. The summed E-state index contributed by atoms with van der Waals surface area (Å²) in [5.74, 6) is -3.47.